The number of hydrogen-bond donors (Lipinski definition) is 0. The van der Waals surface area contributed by atoms with Crippen LogP contribution < -0.4 is 0 Å². The molecule has 0 aliphatic carbocycles. The van der Waals surface area contributed by atoms with Gasteiger partial charge in [0.05, 0.1) is 19.8 Å². The average molecular weight is 343 g/mol. The number of amides is 1. The van der Waals surface area contributed by atoms with Gasteiger partial charge < -0.3 is 18.9 Å². The van der Waals surface area contributed by atoms with Crippen LogP contribution in [0.1, 0.15) is 20.3 Å². The molecule has 0 spiro atoms. The first-order valence-corrected chi connectivity index (χ1v) is 11.4. The summed E-state index contributed by atoms with van der Waals surface area (Å²) in [6.07, 6.45) is 0.542. The number of ether oxygens (including phenoxy) is 2. The highest BCUT2D eigenvalue weighted by Gasteiger charge is 2.26. The topological polar surface area (TPSA) is 65.1 Å². The first-order valence-electron chi connectivity index (χ1n) is 6.64. The van der Waals surface area contributed by atoms with Gasteiger partial charge in [-0.1, -0.05) is 18.3 Å². The number of morpholine rings is 1. The second kappa shape index (κ2) is 9.95. The summed E-state index contributed by atoms with van der Waals surface area (Å²) >= 11 is 2.38. The Labute approximate surface area is 128 Å². The normalized spacial score (nSPS) is 18.6. The summed E-state index contributed by atoms with van der Waals surface area (Å²) in [5.41, 5.74) is 0. The zero-order valence-electron chi connectivity index (χ0n) is 11.9. The van der Waals surface area contributed by atoms with Crippen molar-refractivity contribution in [3.05, 3.63) is 0 Å². The van der Waals surface area contributed by atoms with Crippen molar-refractivity contribution in [3.8, 4) is 0 Å². The molecule has 0 radical (unpaired) electrons. The van der Waals surface area contributed by atoms with E-state index in [0.29, 0.717) is 32.9 Å². The molecular formula is C11H22NO5PS2. The van der Waals surface area contributed by atoms with Crippen LogP contribution in [0.25, 0.3) is 0 Å². The standard InChI is InChI=1S/C11H22NO5PS2/c1-3-9-19-18(14,17-4-2)20-10-16-11(13)12-5-7-15-8-6-12/h3-10H2,1-2H3. The van der Waals surface area contributed by atoms with Crippen LogP contribution in [-0.4, -0.2) is 55.6 Å². The van der Waals surface area contributed by atoms with E-state index in [9.17, 15) is 9.36 Å². The van der Waals surface area contributed by atoms with Crippen LogP contribution in [0.4, 0.5) is 4.79 Å². The fourth-order valence-corrected chi connectivity index (χ4v) is 7.48. The summed E-state index contributed by atoms with van der Waals surface area (Å²) in [5.74, 6) is -2.01. The highest BCUT2D eigenvalue weighted by Crippen LogP contribution is 2.69. The zero-order valence-corrected chi connectivity index (χ0v) is 14.4. The summed E-state index contributed by atoms with van der Waals surface area (Å²) in [5, 5.41) is 0. The Kier molecular flexibility index (Phi) is 9.04. The summed E-state index contributed by atoms with van der Waals surface area (Å²) in [6.45, 7) is 6.36. The molecule has 1 rings (SSSR count). The third-order valence-electron chi connectivity index (χ3n) is 2.40. The van der Waals surface area contributed by atoms with Gasteiger partial charge in [-0.15, -0.1) is 0 Å². The van der Waals surface area contributed by atoms with Gasteiger partial charge in [0.15, 0.2) is 0 Å². The second-order valence-corrected chi connectivity index (χ2v) is 11.4. The van der Waals surface area contributed by atoms with Gasteiger partial charge in [0.25, 0.3) is 0 Å². The van der Waals surface area contributed by atoms with E-state index < -0.39 is 5.77 Å². The van der Waals surface area contributed by atoms with Crippen molar-refractivity contribution in [2.45, 2.75) is 20.3 Å². The monoisotopic (exact) mass is 343 g/mol. The van der Waals surface area contributed by atoms with Crippen molar-refractivity contribution in [1.82, 2.24) is 4.90 Å². The smallest absolute Gasteiger partial charge is 0.410 e. The van der Waals surface area contributed by atoms with Crippen LogP contribution in [0.2, 0.25) is 0 Å². The molecule has 1 aliphatic heterocycles. The van der Waals surface area contributed by atoms with E-state index in [0.717, 1.165) is 23.6 Å². The van der Waals surface area contributed by atoms with Crippen LogP contribution in [0.15, 0.2) is 0 Å². The summed E-state index contributed by atoms with van der Waals surface area (Å²) in [4.78, 5) is 13.3. The molecule has 1 amide bonds. The molecule has 6 nitrogen and oxygen atoms in total. The van der Waals surface area contributed by atoms with Crippen molar-refractivity contribution in [2.24, 2.45) is 0 Å². The molecule has 1 heterocycles. The molecule has 0 aromatic carbocycles. The summed E-state index contributed by atoms with van der Waals surface area (Å²) in [7, 11) is 0. The third-order valence-corrected chi connectivity index (χ3v) is 9.72. The molecule has 0 bridgehead atoms. The fourth-order valence-electron chi connectivity index (χ4n) is 1.45. The molecule has 1 unspecified atom stereocenters. The van der Waals surface area contributed by atoms with Crippen molar-refractivity contribution in [3.63, 3.8) is 0 Å². The predicted molar refractivity (Wildman–Crippen MR) is 83.3 cm³/mol. The van der Waals surface area contributed by atoms with Crippen LogP contribution in [-0.2, 0) is 18.6 Å². The van der Waals surface area contributed by atoms with E-state index in [2.05, 4.69) is 0 Å². The third kappa shape index (κ3) is 6.72. The lowest BCUT2D eigenvalue weighted by Crippen LogP contribution is -2.40. The highest BCUT2D eigenvalue weighted by molar-refractivity contribution is 8.89. The minimum atomic E-state index is -2.82. The summed E-state index contributed by atoms with van der Waals surface area (Å²) in [6, 6.07) is 0. The minimum absolute atomic E-state index is 0.0458. The number of hydrogen-bond acceptors (Lipinski definition) is 7. The van der Waals surface area contributed by atoms with Crippen molar-refractivity contribution in [2.75, 3.05) is 44.6 Å². The molecule has 118 valence electrons. The van der Waals surface area contributed by atoms with E-state index in [-0.39, 0.29) is 12.0 Å². The quantitative estimate of drug-likeness (QED) is 0.494. The molecule has 0 aromatic rings. The number of nitrogens with zero attached hydrogens (tertiary/aromatic N) is 1. The Morgan fingerprint density at radius 3 is 2.60 bits per heavy atom. The van der Waals surface area contributed by atoms with Crippen LogP contribution in [0, 0.1) is 0 Å². The Balaban J connectivity index is 2.31. The van der Waals surface area contributed by atoms with Crippen molar-refractivity contribution < 1.29 is 23.4 Å². The van der Waals surface area contributed by atoms with Crippen molar-refractivity contribution >= 4 is 34.6 Å². The van der Waals surface area contributed by atoms with Gasteiger partial charge in [-0.2, -0.15) is 0 Å². The van der Waals surface area contributed by atoms with Crippen molar-refractivity contribution in [1.29, 1.82) is 0 Å². The number of rotatable bonds is 8. The van der Waals surface area contributed by atoms with E-state index in [1.807, 2.05) is 6.92 Å². The Morgan fingerprint density at radius 2 is 2.00 bits per heavy atom. The van der Waals surface area contributed by atoms with Gasteiger partial charge in [0.1, 0.15) is 5.94 Å². The van der Waals surface area contributed by atoms with E-state index in [4.69, 9.17) is 14.0 Å². The van der Waals surface area contributed by atoms with Gasteiger partial charge in [-0.3, -0.25) is 4.57 Å². The lowest BCUT2D eigenvalue weighted by atomic mass is 10.5. The zero-order chi connectivity index (χ0) is 14.8. The van der Waals surface area contributed by atoms with Crippen LogP contribution in [0.3, 0.4) is 0 Å². The average Bonchev–Trinajstić information content (AvgIpc) is 2.46. The second-order valence-electron chi connectivity index (χ2n) is 3.95. The Hall–Kier alpha value is 0.120. The molecule has 0 saturated carbocycles. The molecule has 20 heavy (non-hydrogen) atoms. The highest BCUT2D eigenvalue weighted by atomic mass is 33.1. The first-order chi connectivity index (χ1) is 9.61. The lowest BCUT2D eigenvalue weighted by Gasteiger charge is -2.26. The maximum atomic E-state index is 12.4. The molecule has 1 saturated heterocycles. The SMILES string of the molecule is CCCSP(=O)(OCC)SCOC(=O)N1CCOCC1. The van der Waals surface area contributed by atoms with E-state index in [1.165, 1.54) is 11.4 Å². The van der Waals surface area contributed by atoms with Gasteiger partial charge in [0, 0.05) is 18.8 Å². The molecule has 0 N–H and O–H groups in total. The van der Waals surface area contributed by atoms with Gasteiger partial charge in [-0.05, 0) is 24.7 Å². The van der Waals surface area contributed by atoms with E-state index >= 15 is 0 Å². The minimum Gasteiger partial charge on any atom is -0.438 e. The first kappa shape index (κ1) is 18.2. The Morgan fingerprint density at radius 1 is 1.30 bits per heavy atom. The largest absolute Gasteiger partial charge is 0.438 e. The van der Waals surface area contributed by atoms with Gasteiger partial charge >= 0.3 is 11.9 Å². The maximum absolute atomic E-state index is 12.4. The molecule has 1 aliphatic rings. The molecular weight excluding hydrogens is 321 g/mol. The predicted octanol–water partition coefficient (Wildman–Crippen LogP) is 3.43. The van der Waals surface area contributed by atoms with Gasteiger partial charge in [0.2, 0.25) is 0 Å². The van der Waals surface area contributed by atoms with Crippen LogP contribution in [0.5, 0.6) is 0 Å². The summed E-state index contributed by atoms with van der Waals surface area (Å²) < 4.78 is 28.0. The number of carbonyl (C=O) groups is 1. The Bertz CT molecular complexity index is 339. The van der Waals surface area contributed by atoms with Gasteiger partial charge in [-0.25, -0.2) is 4.79 Å². The molecule has 1 atom stereocenters. The molecule has 9 heteroatoms. The number of carbonyl (C=O) groups excluding carboxylic acids is 1. The van der Waals surface area contributed by atoms with Crippen LogP contribution >= 0.6 is 28.5 Å². The molecule has 1 fully saturated rings. The molecule has 0 aromatic heterocycles. The van der Waals surface area contributed by atoms with E-state index in [1.54, 1.807) is 11.8 Å². The maximum Gasteiger partial charge on any atom is 0.410 e. The fraction of sp³-hybridized carbons (Fsp3) is 0.909. The lowest BCUT2D eigenvalue weighted by molar-refractivity contribution is 0.0321.